The first kappa shape index (κ1) is 34.0. The summed E-state index contributed by atoms with van der Waals surface area (Å²) in [6, 6.07) is 18.9. The molecular weight excluding hydrogens is 598 g/mol. The minimum Gasteiger partial charge on any atom is -0.481 e. The summed E-state index contributed by atoms with van der Waals surface area (Å²) in [6.45, 7) is 3.67. The van der Waals surface area contributed by atoms with Gasteiger partial charge in [0.2, 0.25) is 0 Å². The van der Waals surface area contributed by atoms with E-state index in [4.69, 9.17) is 9.84 Å². The normalized spacial score (nSPS) is 12.5. The Kier molecular flexibility index (Phi) is 11.0. The summed E-state index contributed by atoms with van der Waals surface area (Å²) in [6.07, 6.45) is -3.83. The van der Waals surface area contributed by atoms with Crippen molar-refractivity contribution in [3.63, 3.8) is 0 Å². The highest BCUT2D eigenvalue weighted by Crippen LogP contribution is 2.43. The van der Waals surface area contributed by atoms with Gasteiger partial charge in [-0.05, 0) is 80.6 Å². The largest absolute Gasteiger partial charge is 0.481 e. The van der Waals surface area contributed by atoms with Crippen LogP contribution in [0.4, 0.5) is 19.3 Å². The number of halogens is 2. The molecule has 0 aliphatic rings. The molecule has 1 heterocycles. The number of aliphatic hydroxyl groups excluding tert-OH is 2. The Morgan fingerprint density at radius 1 is 0.826 bits per heavy atom. The number of carboxylic acid groups (broad SMARTS) is 1. The predicted octanol–water partition coefficient (Wildman–Crippen LogP) is 6.61. The van der Waals surface area contributed by atoms with Crippen LogP contribution in [-0.2, 0) is 16.0 Å². The number of imide groups is 1. The lowest BCUT2D eigenvalue weighted by Gasteiger charge is -2.24. The van der Waals surface area contributed by atoms with E-state index in [2.05, 4.69) is 0 Å². The van der Waals surface area contributed by atoms with Crippen molar-refractivity contribution in [3.05, 3.63) is 102 Å². The number of benzene rings is 3. The van der Waals surface area contributed by atoms with Gasteiger partial charge >= 0.3 is 12.1 Å². The fourth-order valence-corrected chi connectivity index (χ4v) is 5.59. The number of ether oxygens (including phenoxy) is 1. The highest BCUT2D eigenvalue weighted by molar-refractivity contribution is 6.22. The minimum absolute atomic E-state index is 0.0670. The average molecular weight is 635 g/mol. The molecule has 0 radical (unpaired) electrons. The summed E-state index contributed by atoms with van der Waals surface area (Å²) in [7, 11) is 1.16. The summed E-state index contributed by atoms with van der Waals surface area (Å²) >= 11 is 0. The van der Waals surface area contributed by atoms with Crippen LogP contribution >= 0.6 is 0 Å². The molecule has 242 valence electrons. The van der Waals surface area contributed by atoms with Gasteiger partial charge in [0, 0.05) is 22.9 Å². The lowest BCUT2D eigenvalue weighted by atomic mass is 9.92. The number of anilines is 1. The van der Waals surface area contributed by atoms with Gasteiger partial charge in [-0.15, -0.1) is 0 Å². The highest BCUT2D eigenvalue weighted by Gasteiger charge is 2.36. The van der Waals surface area contributed by atoms with Crippen LogP contribution in [0.5, 0.6) is 0 Å². The van der Waals surface area contributed by atoms with E-state index >= 15 is 0 Å². The molecule has 3 N–H and O–H groups in total. The second kappa shape index (κ2) is 14.9. The maximum absolute atomic E-state index is 14.7. The number of carbonyl (C=O) groups excluding carboxylic acids is 2. The number of nitrogens with zero attached hydrogens (tertiary/aromatic N) is 2. The fourth-order valence-electron chi connectivity index (χ4n) is 5.59. The first-order valence-electron chi connectivity index (χ1n) is 14.8. The van der Waals surface area contributed by atoms with Gasteiger partial charge in [-0.3, -0.25) is 9.59 Å². The lowest BCUT2D eigenvalue weighted by Crippen LogP contribution is -2.38. The summed E-state index contributed by atoms with van der Waals surface area (Å²) in [4.78, 5) is 39.8. The first-order chi connectivity index (χ1) is 21.9. The molecule has 11 heteroatoms. The fraction of sp³-hybridized carbons (Fsp3) is 0.286. The van der Waals surface area contributed by atoms with Gasteiger partial charge in [0.1, 0.15) is 17.3 Å². The molecule has 0 aliphatic carbocycles. The van der Waals surface area contributed by atoms with Crippen LogP contribution in [-0.4, -0.2) is 57.2 Å². The first-order valence-corrected chi connectivity index (χ1v) is 14.8. The molecule has 4 rings (SSSR count). The number of aliphatic carboxylic acids is 1. The molecule has 2 amide bonds. The highest BCUT2D eigenvalue weighted by atomic mass is 19.1. The monoisotopic (exact) mass is 634 g/mol. The van der Waals surface area contributed by atoms with Crippen molar-refractivity contribution in [1.82, 2.24) is 4.57 Å². The number of carbonyl (C=O) groups is 3. The zero-order valence-electron chi connectivity index (χ0n) is 25.7. The Labute approximate surface area is 265 Å². The van der Waals surface area contributed by atoms with E-state index in [-0.39, 0.29) is 30.6 Å². The van der Waals surface area contributed by atoms with Crippen molar-refractivity contribution in [2.24, 2.45) is 0 Å². The number of carboxylic acids is 1. The van der Waals surface area contributed by atoms with Gasteiger partial charge in [0.15, 0.2) is 0 Å². The Hall–Kier alpha value is -4.87. The SMILES string of the molecule is COC(=O)N(C(=O)c1c(-c2ccc(F)cc2)c(-c2ccc(F)cc2)c(CCC(O)CC(O)CC(=O)O)n1C(C)C)c1ccccc1. The third-order valence-electron chi connectivity index (χ3n) is 7.54. The number of amides is 2. The smallest absolute Gasteiger partial charge is 0.421 e. The second-order valence-corrected chi connectivity index (χ2v) is 11.1. The molecule has 0 aliphatic heterocycles. The van der Waals surface area contributed by atoms with Gasteiger partial charge < -0.3 is 24.6 Å². The van der Waals surface area contributed by atoms with E-state index in [1.807, 2.05) is 13.8 Å². The Morgan fingerprint density at radius 2 is 1.37 bits per heavy atom. The van der Waals surface area contributed by atoms with Gasteiger partial charge in [-0.1, -0.05) is 42.5 Å². The molecule has 0 fully saturated rings. The Bertz CT molecular complexity index is 1670. The topological polar surface area (TPSA) is 129 Å². The molecule has 1 aromatic heterocycles. The van der Waals surface area contributed by atoms with Crippen LogP contribution in [0, 0.1) is 11.6 Å². The Morgan fingerprint density at radius 3 is 1.87 bits per heavy atom. The number of rotatable bonds is 12. The molecule has 9 nitrogen and oxygen atoms in total. The summed E-state index contributed by atoms with van der Waals surface area (Å²) in [5.74, 6) is -2.94. The van der Waals surface area contributed by atoms with Crippen molar-refractivity contribution in [1.29, 1.82) is 0 Å². The third kappa shape index (κ3) is 7.67. The summed E-state index contributed by atoms with van der Waals surface area (Å²) in [5, 5.41) is 29.9. The molecule has 46 heavy (non-hydrogen) atoms. The molecule has 2 atom stereocenters. The number of hydrogen-bond donors (Lipinski definition) is 3. The number of para-hydroxylation sites is 1. The molecule has 3 aromatic carbocycles. The maximum atomic E-state index is 14.7. The van der Waals surface area contributed by atoms with Crippen LogP contribution in [0.1, 0.15) is 55.3 Å². The van der Waals surface area contributed by atoms with E-state index in [1.165, 1.54) is 36.4 Å². The molecular formula is C35H36F2N2O7. The van der Waals surface area contributed by atoms with Crippen molar-refractivity contribution in [3.8, 4) is 22.3 Å². The van der Waals surface area contributed by atoms with E-state index in [0.717, 1.165) is 12.0 Å². The van der Waals surface area contributed by atoms with Crippen LogP contribution < -0.4 is 4.90 Å². The van der Waals surface area contributed by atoms with Crippen LogP contribution in [0.2, 0.25) is 0 Å². The van der Waals surface area contributed by atoms with E-state index in [9.17, 15) is 33.4 Å². The summed E-state index contributed by atoms with van der Waals surface area (Å²) < 4.78 is 35.1. The summed E-state index contributed by atoms with van der Waals surface area (Å²) in [5.41, 5.74) is 2.69. The maximum Gasteiger partial charge on any atom is 0.421 e. The van der Waals surface area contributed by atoms with Crippen molar-refractivity contribution in [2.75, 3.05) is 12.0 Å². The predicted molar refractivity (Wildman–Crippen MR) is 168 cm³/mol. The number of aliphatic hydroxyl groups is 2. The number of aromatic nitrogens is 1. The molecule has 0 bridgehead atoms. The van der Waals surface area contributed by atoms with Gasteiger partial charge in [-0.25, -0.2) is 18.5 Å². The second-order valence-electron chi connectivity index (χ2n) is 11.1. The lowest BCUT2D eigenvalue weighted by molar-refractivity contribution is -0.139. The molecule has 2 unspecified atom stereocenters. The quantitative estimate of drug-likeness (QED) is 0.160. The van der Waals surface area contributed by atoms with Crippen molar-refractivity contribution < 1.29 is 43.2 Å². The third-order valence-corrected chi connectivity index (χ3v) is 7.54. The van der Waals surface area contributed by atoms with Gasteiger partial charge in [-0.2, -0.15) is 0 Å². The van der Waals surface area contributed by atoms with Gasteiger partial charge in [0.25, 0.3) is 5.91 Å². The van der Waals surface area contributed by atoms with Crippen LogP contribution in [0.15, 0.2) is 78.9 Å². The van der Waals surface area contributed by atoms with E-state index in [0.29, 0.717) is 27.9 Å². The zero-order chi connectivity index (χ0) is 33.5. The Balaban J connectivity index is 2.01. The zero-order valence-corrected chi connectivity index (χ0v) is 25.7. The molecule has 0 saturated carbocycles. The van der Waals surface area contributed by atoms with E-state index < -0.39 is 54.3 Å². The van der Waals surface area contributed by atoms with Gasteiger partial charge in [0.05, 0.1) is 31.4 Å². The molecule has 0 saturated heterocycles. The number of hydrogen-bond acceptors (Lipinski definition) is 6. The number of methoxy groups -OCH3 is 1. The molecule has 0 spiro atoms. The van der Waals surface area contributed by atoms with Crippen LogP contribution in [0.3, 0.4) is 0 Å². The standard InChI is InChI=1S/C35H36F2N2O7/c1-21(2)38-29(18-17-27(40)19-28(41)20-30(42)43)31(22-9-13-24(36)14-10-22)32(23-11-15-25(37)16-12-23)33(38)34(44)39(35(45)46-3)26-7-5-4-6-8-26/h4-16,21,27-28,40-41H,17-20H2,1-3H3,(H,42,43). The molecule has 4 aromatic rings. The minimum atomic E-state index is -1.27. The van der Waals surface area contributed by atoms with Crippen molar-refractivity contribution in [2.45, 2.75) is 57.8 Å². The average Bonchev–Trinajstić information content (AvgIpc) is 3.36. The van der Waals surface area contributed by atoms with E-state index in [1.54, 1.807) is 47.0 Å². The van der Waals surface area contributed by atoms with Crippen molar-refractivity contribution >= 4 is 23.7 Å². The van der Waals surface area contributed by atoms with Crippen LogP contribution in [0.25, 0.3) is 22.3 Å².